The third-order valence-corrected chi connectivity index (χ3v) is 3.47. The SMILES string of the molecule is C[C@@H](O)CNC(=O)c1cnc2c(cnn2Cc2ccccc2)c1. The Labute approximate surface area is 133 Å². The van der Waals surface area contributed by atoms with E-state index >= 15 is 0 Å². The maximum Gasteiger partial charge on any atom is 0.252 e. The van der Waals surface area contributed by atoms with E-state index < -0.39 is 6.10 Å². The molecule has 2 N–H and O–H groups in total. The van der Waals surface area contributed by atoms with Gasteiger partial charge in [0.25, 0.3) is 5.91 Å². The zero-order valence-corrected chi connectivity index (χ0v) is 12.8. The third-order valence-electron chi connectivity index (χ3n) is 3.47. The lowest BCUT2D eigenvalue weighted by atomic mass is 10.2. The number of nitrogens with zero attached hydrogens (tertiary/aromatic N) is 3. The minimum atomic E-state index is -0.579. The zero-order chi connectivity index (χ0) is 16.2. The Morgan fingerprint density at radius 2 is 2.09 bits per heavy atom. The molecule has 0 aliphatic heterocycles. The predicted octanol–water partition coefficient (Wildman–Crippen LogP) is 1.59. The molecule has 0 unspecified atom stereocenters. The predicted molar refractivity (Wildman–Crippen MR) is 87.1 cm³/mol. The number of aromatic nitrogens is 3. The molecule has 1 atom stereocenters. The lowest BCUT2D eigenvalue weighted by Crippen LogP contribution is -2.30. The van der Waals surface area contributed by atoms with E-state index in [1.54, 1.807) is 19.2 Å². The molecule has 1 amide bonds. The number of fused-ring (bicyclic) bond motifs is 1. The van der Waals surface area contributed by atoms with E-state index in [4.69, 9.17) is 0 Å². The Morgan fingerprint density at radius 1 is 1.30 bits per heavy atom. The number of aliphatic hydroxyl groups excluding tert-OH is 1. The first-order valence-electron chi connectivity index (χ1n) is 7.45. The highest BCUT2D eigenvalue weighted by atomic mass is 16.3. The van der Waals surface area contributed by atoms with Crippen molar-refractivity contribution >= 4 is 16.9 Å². The van der Waals surface area contributed by atoms with Crippen molar-refractivity contribution in [2.24, 2.45) is 0 Å². The Balaban J connectivity index is 1.81. The highest BCUT2D eigenvalue weighted by Gasteiger charge is 2.11. The van der Waals surface area contributed by atoms with Crippen molar-refractivity contribution < 1.29 is 9.90 Å². The molecular formula is C17H18N4O2. The van der Waals surface area contributed by atoms with E-state index in [-0.39, 0.29) is 12.5 Å². The summed E-state index contributed by atoms with van der Waals surface area (Å²) in [5, 5.41) is 17.0. The second kappa shape index (κ2) is 6.58. The van der Waals surface area contributed by atoms with E-state index in [1.165, 1.54) is 6.20 Å². The normalized spacial score (nSPS) is 12.3. The first kappa shape index (κ1) is 15.2. The number of aliphatic hydroxyl groups is 1. The number of pyridine rings is 1. The monoisotopic (exact) mass is 310 g/mol. The van der Waals surface area contributed by atoms with Gasteiger partial charge in [-0.2, -0.15) is 5.10 Å². The molecule has 6 nitrogen and oxygen atoms in total. The molecule has 3 rings (SSSR count). The van der Waals surface area contributed by atoms with Crippen LogP contribution in [0.25, 0.3) is 11.0 Å². The minimum absolute atomic E-state index is 0.212. The van der Waals surface area contributed by atoms with E-state index in [2.05, 4.69) is 15.4 Å². The van der Waals surface area contributed by atoms with Crippen molar-refractivity contribution in [1.82, 2.24) is 20.1 Å². The van der Waals surface area contributed by atoms with Crippen molar-refractivity contribution in [3.05, 3.63) is 59.9 Å². The summed E-state index contributed by atoms with van der Waals surface area (Å²) in [5.74, 6) is -0.254. The standard InChI is InChI=1S/C17H18N4O2/c1-12(22)8-19-17(23)15-7-14-10-20-21(16(14)18-9-15)11-13-5-3-2-4-6-13/h2-7,9-10,12,22H,8,11H2,1H3,(H,19,23)/t12-/m1/s1. The second-order valence-electron chi connectivity index (χ2n) is 5.48. The molecule has 3 aromatic rings. The fourth-order valence-electron chi connectivity index (χ4n) is 2.31. The van der Waals surface area contributed by atoms with Crippen molar-refractivity contribution in [3.8, 4) is 0 Å². The van der Waals surface area contributed by atoms with Gasteiger partial charge < -0.3 is 10.4 Å². The summed E-state index contributed by atoms with van der Waals surface area (Å²) in [5.41, 5.74) is 2.33. The molecule has 2 aromatic heterocycles. The molecule has 0 saturated carbocycles. The van der Waals surface area contributed by atoms with E-state index in [0.29, 0.717) is 12.1 Å². The fourth-order valence-corrected chi connectivity index (χ4v) is 2.31. The molecule has 0 aliphatic rings. The van der Waals surface area contributed by atoms with Gasteiger partial charge in [0, 0.05) is 18.1 Å². The number of carbonyl (C=O) groups is 1. The minimum Gasteiger partial charge on any atom is -0.392 e. The van der Waals surface area contributed by atoms with Gasteiger partial charge in [-0.25, -0.2) is 9.67 Å². The number of nitrogens with one attached hydrogen (secondary N) is 1. The number of benzene rings is 1. The van der Waals surface area contributed by atoms with Crippen LogP contribution in [0.4, 0.5) is 0 Å². The van der Waals surface area contributed by atoms with E-state index in [0.717, 1.165) is 16.6 Å². The van der Waals surface area contributed by atoms with Crippen molar-refractivity contribution in [3.63, 3.8) is 0 Å². The molecule has 0 radical (unpaired) electrons. The van der Waals surface area contributed by atoms with Gasteiger partial charge in [0.2, 0.25) is 0 Å². The molecule has 0 aliphatic carbocycles. The smallest absolute Gasteiger partial charge is 0.252 e. The summed E-state index contributed by atoms with van der Waals surface area (Å²) in [4.78, 5) is 16.4. The average molecular weight is 310 g/mol. The summed E-state index contributed by atoms with van der Waals surface area (Å²) < 4.78 is 1.81. The van der Waals surface area contributed by atoms with Crippen LogP contribution in [0.15, 0.2) is 48.8 Å². The lowest BCUT2D eigenvalue weighted by molar-refractivity contribution is 0.0924. The number of amides is 1. The molecule has 23 heavy (non-hydrogen) atoms. The maximum absolute atomic E-state index is 12.0. The third kappa shape index (κ3) is 3.54. The molecule has 0 bridgehead atoms. The topological polar surface area (TPSA) is 80.0 Å². The van der Waals surface area contributed by atoms with Gasteiger partial charge in [0.1, 0.15) is 0 Å². The first-order valence-corrected chi connectivity index (χ1v) is 7.45. The summed E-state index contributed by atoms with van der Waals surface area (Å²) in [6.45, 7) is 2.46. The zero-order valence-electron chi connectivity index (χ0n) is 12.8. The van der Waals surface area contributed by atoms with Crippen LogP contribution in [0, 0.1) is 0 Å². The number of carbonyl (C=O) groups excluding carboxylic acids is 1. The quantitative estimate of drug-likeness (QED) is 0.750. The molecule has 0 spiro atoms. The van der Waals surface area contributed by atoms with Crippen LogP contribution in [-0.2, 0) is 6.54 Å². The maximum atomic E-state index is 12.0. The van der Waals surface area contributed by atoms with Crippen LogP contribution in [0.2, 0.25) is 0 Å². The Morgan fingerprint density at radius 3 is 2.83 bits per heavy atom. The average Bonchev–Trinajstić information content (AvgIpc) is 2.96. The Kier molecular flexibility index (Phi) is 4.34. The van der Waals surface area contributed by atoms with Crippen molar-refractivity contribution in [2.45, 2.75) is 19.6 Å². The van der Waals surface area contributed by atoms with Gasteiger partial charge in [-0.3, -0.25) is 4.79 Å². The van der Waals surface area contributed by atoms with Crippen molar-refractivity contribution in [2.75, 3.05) is 6.54 Å². The highest BCUT2D eigenvalue weighted by molar-refractivity contribution is 5.96. The molecule has 0 fully saturated rings. The lowest BCUT2D eigenvalue weighted by Gasteiger charge is -2.07. The largest absolute Gasteiger partial charge is 0.392 e. The van der Waals surface area contributed by atoms with Gasteiger partial charge in [0.15, 0.2) is 5.65 Å². The highest BCUT2D eigenvalue weighted by Crippen LogP contribution is 2.14. The van der Waals surface area contributed by atoms with Crippen LogP contribution in [0.1, 0.15) is 22.8 Å². The van der Waals surface area contributed by atoms with Crippen LogP contribution >= 0.6 is 0 Å². The molecule has 2 heterocycles. The Bertz CT molecular complexity index is 812. The number of hydrogen-bond donors (Lipinski definition) is 2. The van der Waals surface area contributed by atoms with Gasteiger partial charge in [0.05, 0.1) is 24.4 Å². The van der Waals surface area contributed by atoms with Gasteiger partial charge in [-0.1, -0.05) is 30.3 Å². The fraction of sp³-hybridized carbons (Fsp3) is 0.235. The van der Waals surface area contributed by atoms with Crippen LogP contribution in [-0.4, -0.2) is 38.4 Å². The first-order chi connectivity index (χ1) is 11.1. The summed E-state index contributed by atoms with van der Waals surface area (Å²) >= 11 is 0. The van der Waals surface area contributed by atoms with E-state index in [9.17, 15) is 9.90 Å². The molecule has 118 valence electrons. The van der Waals surface area contributed by atoms with Crippen LogP contribution in [0.5, 0.6) is 0 Å². The second-order valence-corrected chi connectivity index (χ2v) is 5.48. The number of hydrogen-bond acceptors (Lipinski definition) is 4. The summed E-state index contributed by atoms with van der Waals surface area (Å²) in [6, 6.07) is 11.8. The van der Waals surface area contributed by atoms with E-state index in [1.807, 2.05) is 35.0 Å². The molecule has 0 saturated heterocycles. The Hall–Kier alpha value is -2.73. The molecule has 1 aromatic carbocycles. The number of rotatable bonds is 5. The van der Waals surface area contributed by atoms with Crippen molar-refractivity contribution in [1.29, 1.82) is 0 Å². The van der Waals surface area contributed by atoms with Gasteiger partial charge in [-0.05, 0) is 18.6 Å². The summed E-state index contributed by atoms with van der Waals surface area (Å²) in [6.07, 6.45) is 2.66. The van der Waals surface area contributed by atoms with Crippen LogP contribution in [0.3, 0.4) is 0 Å². The summed E-state index contributed by atoms with van der Waals surface area (Å²) in [7, 11) is 0. The van der Waals surface area contributed by atoms with Crippen LogP contribution < -0.4 is 5.32 Å². The molecule has 6 heteroatoms. The van der Waals surface area contributed by atoms with Gasteiger partial charge in [-0.15, -0.1) is 0 Å². The van der Waals surface area contributed by atoms with Gasteiger partial charge >= 0.3 is 0 Å². The molecular weight excluding hydrogens is 292 g/mol.